The number of nitrogens with zero attached hydrogens (tertiary/aromatic N) is 3. The van der Waals surface area contributed by atoms with Gasteiger partial charge in [0, 0.05) is 30.1 Å². The largest absolute Gasteiger partial charge is 0.334 e. The molecule has 0 spiro atoms. The van der Waals surface area contributed by atoms with Gasteiger partial charge in [-0.3, -0.25) is 4.79 Å². The number of amides is 1. The molecule has 1 aromatic heterocycles. The highest BCUT2D eigenvalue weighted by Crippen LogP contribution is 2.33. The van der Waals surface area contributed by atoms with Gasteiger partial charge in [-0.15, -0.1) is 0 Å². The molecule has 0 N–H and O–H groups in total. The van der Waals surface area contributed by atoms with Crippen molar-refractivity contribution in [3.05, 3.63) is 65.5 Å². The molecule has 0 aliphatic carbocycles. The summed E-state index contributed by atoms with van der Waals surface area (Å²) in [7, 11) is 0. The lowest BCUT2D eigenvalue weighted by Crippen LogP contribution is -2.25. The standard InChI is InChI=1S/C20H19N3O2/c1-13-8-9-17(14(2)10-13)23-12-16(11-18(23)24)19-21-20(25-22-19)15-6-4-3-5-7-15/h3-10,16H,11-12H2,1-2H3. The van der Waals surface area contributed by atoms with Crippen LogP contribution >= 0.6 is 0 Å². The Morgan fingerprint density at radius 1 is 1.12 bits per heavy atom. The molecule has 0 saturated carbocycles. The second kappa shape index (κ2) is 6.16. The Balaban J connectivity index is 1.57. The lowest BCUT2D eigenvalue weighted by atomic mass is 10.1. The molecule has 0 bridgehead atoms. The minimum Gasteiger partial charge on any atom is -0.334 e. The van der Waals surface area contributed by atoms with Crippen molar-refractivity contribution in [3.63, 3.8) is 0 Å². The number of hydrogen-bond acceptors (Lipinski definition) is 4. The van der Waals surface area contributed by atoms with E-state index in [2.05, 4.69) is 23.1 Å². The van der Waals surface area contributed by atoms with E-state index in [0.29, 0.717) is 24.7 Å². The van der Waals surface area contributed by atoms with E-state index in [1.807, 2.05) is 54.3 Å². The van der Waals surface area contributed by atoms with Crippen LogP contribution in [-0.4, -0.2) is 22.6 Å². The number of rotatable bonds is 3. The summed E-state index contributed by atoms with van der Waals surface area (Å²) < 4.78 is 5.39. The molecule has 1 unspecified atom stereocenters. The molecule has 1 aliphatic rings. The lowest BCUT2D eigenvalue weighted by molar-refractivity contribution is -0.117. The van der Waals surface area contributed by atoms with Gasteiger partial charge in [-0.05, 0) is 37.6 Å². The Kier molecular flexibility index (Phi) is 3.84. The zero-order valence-corrected chi connectivity index (χ0v) is 14.3. The predicted molar refractivity (Wildman–Crippen MR) is 95.4 cm³/mol. The van der Waals surface area contributed by atoms with Gasteiger partial charge < -0.3 is 9.42 Å². The molecule has 0 radical (unpaired) electrons. The Morgan fingerprint density at radius 2 is 1.92 bits per heavy atom. The fourth-order valence-electron chi connectivity index (χ4n) is 3.32. The zero-order chi connectivity index (χ0) is 17.4. The summed E-state index contributed by atoms with van der Waals surface area (Å²) in [5.74, 6) is 1.14. The fourth-order valence-corrected chi connectivity index (χ4v) is 3.32. The van der Waals surface area contributed by atoms with Crippen molar-refractivity contribution in [3.8, 4) is 11.5 Å². The highest BCUT2D eigenvalue weighted by molar-refractivity contribution is 5.97. The van der Waals surface area contributed by atoms with Crippen molar-refractivity contribution in [1.29, 1.82) is 0 Å². The van der Waals surface area contributed by atoms with Crippen molar-refractivity contribution in [2.75, 3.05) is 11.4 Å². The van der Waals surface area contributed by atoms with Gasteiger partial charge in [0.1, 0.15) is 0 Å². The summed E-state index contributed by atoms with van der Waals surface area (Å²) in [6.45, 7) is 4.66. The number of aromatic nitrogens is 2. The summed E-state index contributed by atoms with van der Waals surface area (Å²) >= 11 is 0. The van der Waals surface area contributed by atoms with Gasteiger partial charge in [0.15, 0.2) is 5.82 Å². The first kappa shape index (κ1) is 15.6. The van der Waals surface area contributed by atoms with Crippen LogP contribution in [0.25, 0.3) is 11.5 Å². The van der Waals surface area contributed by atoms with Crippen LogP contribution < -0.4 is 4.90 Å². The lowest BCUT2D eigenvalue weighted by Gasteiger charge is -2.19. The molecule has 1 amide bonds. The van der Waals surface area contributed by atoms with Crippen molar-refractivity contribution < 1.29 is 9.32 Å². The molecule has 25 heavy (non-hydrogen) atoms. The maximum absolute atomic E-state index is 12.5. The van der Waals surface area contributed by atoms with Crippen LogP contribution in [0.15, 0.2) is 53.1 Å². The molecule has 3 aromatic rings. The Labute approximate surface area is 146 Å². The highest BCUT2D eigenvalue weighted by atomic mass is 16.5. The Hall–Kier alpha value is -2.95. The summed E-state index contributed by atoms with van der Waals surface area (Å²) in [5, 5.41) is 4.11. The van der Waals surface area contributed by atoms with Gasteiger partial charge in [0.2, 0.25) is 5.91 Å². The van der Waals surface area contributed by atoms with E-state index >= 15 is 0 Å². The molecule has 126 valence electrons. The monoisotopic (exact) mass is 333 g/mol. The van der Waals surface area contributed by atoms with Crippen LogP contribution in [0.5, 0.6) is 0 Å². The van der Waals surface area contributed by atoms with Crippen LogP contribution in [0.3, 0.4) is 0 Å². The zero-order valence-electron chi connectivity index (χ0n) is 14.3. The quantitative estimate of drug-likeness (QED) is 0.730. The smallest absolute Gasteiger partial charge is 0.257 e. The number of aryl methyl sites for hydroxylation is 2. The van der Waals surface area contributed by atoms with Crippen LogP contribution in [0.1, 0.15) is 29.3 Å². The average molecular weight is 333 g/mol. The third-order valence-electron chi connectivity index (χ3n) is 4.60. The van der Waals surface area contributed by atoms with Crippen LogP contribution in [0, 0.1) is 13.8 Å². The normalized spacial score (nSPS) is 17.3. The molecular formula is C20H19N3O2. The SMILES string of the molecule is Cc1ccc(N2CC(c3noc(-c4ccccc4)n3)CC2=O)c(C)c1. The van der Waals surface area contributed by atoms with Crippen LogP contribution in [-0.2, 0) is 4.79 Å². The van der Waals surface area contributed by atoms with Gasteiger partial charge >= 0.3 is 0 Å². The first-order valence-corrected chi connectivity index (χ1v) is 8.38. The van der Waals surface area contributed by atoms with Gasteiger partial charge in [-0.25, -0.2) is 0 Å². The molecular weight excluding hydrogens is 314 g/mol. The molecule has 5 nitrogen and oxygen atoms in total. The molecule has 1 atom stereocenters. The summed E-state index contributed by atoms with van der Waals surface area (Å²) in [5.41, 5.74) is 4.14. The fraction of sp³-hybridized carbons (Fsp3) is 0.250. The van der Waals surface area contributed by atoms with Crippen molar-refractivity contribution in [2.45, 2.75) is 26.2 Å². The van der Waals surface area contributed by atoms with E-state index in [0.717, 1.165) is 16.8 Å². The number of hydrogen-bond donors (Lipinski definition) is 0. The maximum atomic E-state index is 12.5. The summed E-state index contributed by atoms with van der Waals surface area (Å²) in [6.07, 6.45) is 0.404. The first-order chi connectivity index (χ1) is 12.1. The molecule has 5 heteroatoms. The summed E-state index contributed by atoms with van der Waals surface area (Å²) in [6, 6.07) is 15.8. The van der Waals surface area contributed by atoms with E-state index in [4.69, 9.17) is 4.52 Å². The molecule has 4 rings (SSSR count). The number of carbonyl (C=O) groups is 1. The minimum atomic E-state index is -0.0468. The minimum absolute atomic E-state index is 0.0468. The number of benzene rings is 2. The highest BCUT2D eigenvalue weighted by Gasteiger charge is 2.35. The molecule has 1 aliphatic heterocycles. The molecule has 2 heterocycles. The van der Waals surface area contributed by atoms with E-state index < -0.39 is 0 Å². The van der Waals surface area contributed by atoms with Crippen LogP contribution in [0.2, 0.25) is 0 Å². The Morgan fingerprint density at radius 3 is 2.68 bits per heavy atom. The van der Waals surface area contributed by atoms with Crippen molar-refractivity contribution in [2.24, 2.45) is 0 Å². The molecule has 1 fully saturated rings. The van der Waals surface area contributed by atoms with Crippen molar-refractivity contribution in [1.82, 2.24) is 10.1 Å². The van der Waals surface area contributed by atoms with Crippen molar-refractivity contribution >= 4 is 11.6 Å². The van der Waals surface area contributed by atoms with Gasteiger partial charge in [0.05, 0.1) is 0 Å². The predicted octanol–water partition coefficient (Wildman–Crippen LogP) is 3.87. The van der Waals surface area contributed by atoms with Crippen LogP contribution in [0.4, 0.5) is 5.69 Å². The topological polar surface area (TPSA) is 59.2 Å². The van der Waals surface area contributed by atoms with E-state index in [-0.39, 0.29) is 11.8 Å². The molecule has 2 aromatic carbocycles. The third-order valence-corrected chi connectivity index (χ3v) is 4.60. The van der Waals surface area contributed by atoms with E-state index in [9.17, 15) is 4.79 Å². The van der Waals surface area contributed by atoms with Gasteiger partial charge in [-0.1, -0.05) is 41.1 Å². The second-order valence-electron chi connectivity index (χ2n) is 6.52. The first-order valence-electron chi connectivity index (χ1n) is 8.38. The Bertz CT molecular complexity index is 918. The summed E-state index contributed by atoms with van der Waals surface area (Å²) in [4.78, 5) is 18.8. The van der Waals surface area contributed by atoms with E-state index in [1.165, 1.54) is 5.56 Å². The second-order valence-corrected chi connectivity index (χ2v) is 6.52. The van der Waals surface area contributed by atoms with E-state index in [1.54, 1.807) is 0 Å². The van der Waals surface area contributed by atoms with Gasteiger partial charge in [-0.2, -0.15) is 4.98 Å². The molecule has 1 saturated heterocycles. The third kappa shape index (κ3) is 2.93. The number of anilines is 1. The maximum Gasteiger partial charge on any atom is 0.257 e. The number of carbonyl (C=O) groups excluding carboxylic acids is 1. The van der Waals surface area contributed by atoms with Gasteiger partial charge in [0.25, 0.3) is 5.89 Å². The average Bonchev–Trinajstić information content (AvgIpc) is 3.23.